The first-order valence-corrected chi connectivity index (χ1v) is 5.58. The van der Waals surface area contributed by atoms with E-state index in [9.17, 15) is 0 Å². The Hall–Kier alpha value is -1.80. The standard InChI is InChI=1S/C11H10N4S/c1-7-5-9(6-12)3-4-10(7)16-11-13-8(2)14-15-11/h3-5H,1-2H3,(H,13,14,15). The van der Waals surface area contributed by atoms with Crippen molar-refractivity contribution >= 4 is 11.8 Å². The molecule has 0 radical (unpaired) electrons. The third kappa shape index (κ3) is 2.23. The molecule has 0 aliphatic heterocycles. The Bertz CT molecular complexity index is 553. The molecule has 1 heterocycles. The molecule has 0 saturated carbocycles. The van der Waals surface area contributed by atoms with Crippen LogP contribution in [0.15, 0.2) is 28.3 Å². The highest BCUT2D eigenvalue weighted by Gasteiger charge is 2.05. The molecule has 16 heavy (non-hydrogen) atoms. The van der Waals surface area contributed by atoms with Crippen LogP contribution < -0.4 is 0 Å². The van der Waals surface area contributed by atoms with Gasteiger partial charge in [0.2, 0.25) is 5.16 Å². The molecule has 0 fully saturated rings. The predicted octanol–water partition coefficient (Wildman–Crippen LogP) is 2.44. The second-order valence-corrected chi connectivity index (χ2v) is 4.41. The Kier molecular flexibility index (Phi) is 2.93. The molecule has 1 N–H and O–H groups in total. The molecule has 0 aliphatic carbocycles. The van der Waals surface area contributed by atoms with E-state index in [-0.39, 0.29) is 0 Å². The number of nitrogens with one attached hydrogen (secondary N) is 1. The maximum atomic E-state index is 8.76. The van der Waals surface area contributed by atoms with E-state index in [2.05, 4.69) is 21.3 Å². The fourth-order valence-electron chi connectivity index (χ4n) is 1.30. The number of rotatable bonds is 2. The van der Waals surface area contributed by atoms with Crippen molar-refractivity contribution in [2.24, 2.45) is 0 Å². The van der Waals surface area contributed by atoms with E-state index in [1.807, 2.05) is 26.0 Å². The summed E-state index contributed by atoms with van der Waals surface area (Å²) in [7, 11) is 0. The molecule has 0 unspecified atom stereocenters. The normalized spacial score (nSPS) is 10.1. The Labute approximate surface area is 97.7 Å². The highest BCUT2D eigenvalue weighted by molar-refractivity contribution is 7.99. The molecule has 2 aromatic rings. The molecule has 5 heteroatoms. The van der Waals surface area contributed by atoms with Gasteiger partial charge in [-0.25, -0.2) is 4.98 Å². The molecule has 2 rings (SSSR count). The first-order chi connectivity index (χ1) is 7.69. The van der Waals surface area contributed by atoms with Crippen molar-refractivity contribution in [3.8, 4) is 6.07 Å². The van der Waals surface area contributed by atoms with Crippen LogP contribution in [0.5, 0.6) is 0 Å². The second-order valence-electron chi connectivity index (χ2n) is 3.40. The van der Waals surface area contributed by atoms with Crippen molar-refractivity contribution in [3.05, 3.63) is 35.2 Å². The van der Waals surface area contributed by atoms with E-state index in [0.29, 0.717) is 10.7 Å². The molecule has 0 atom stereocenters. The van der Waals surface area contributed by atoms with Gasteiger partial charge in [0.1, 0.15) is 5.82 Å². The van der Waals surface area contributed by atoms with Crippen LogP contribution in [0.3, 0.4) is 0 Å². The van der Waals surface area contributed by atoms with Crippen molar-refractivity contribution in [1.82, 2.24) is 15.2 Å². The number of aromatic nitrogens is 3. The number of nitrogens with zero attached hydrogens (tertiary/aromatic N) is 3. The SMILES string of the molecule is Cc1nc(Sc2ccc(C#N)cc2C)n[nH]1. The van der Waals surface area contributed by atoms with Crippen LogP contribution in [0.4, 0.5) is 0 Å². The number of benzene rings is 1. The summed E-state index contributed by atoms with van der Waals surface area (Å²) in [6.45, 7) is 3.84. The van der Waals surface area contributed by atoms with Crippen LogP contribution in [-0.4, -0.2) is 15.2 Å². The summed E-state index contributed by atoms with van der Waals surface area (Å²) in [5.41, 5.74) is 1.74. The zero-order chi connectivity index (χ0) is 11.5. The summed E-state index contributed by atoms with van der Waals surface area (Å²) < 4.78 is 0. The lowest BCUT2D eigenvalue weighted by Gasteiger charge is -2.02. The van der Waals surface area contributed by atoms with Crippen LogP contribution in [0.1, 0.15) is 17.0 Å². The summed E-state index contributed by atoms with van der Waals surface area (Å²) >= 11 is 1.49. The minimum absolute atomic E-state index is 0.674. The summed E-state index contributed by atoms with van der Waals surface area (Å²) in [6, 6.07) is 7.70. The van der Waals surface area contributed by atoms with Gasteiger partial charge in [0.05, 0.1) is 11.6 Å². The fourth-order valence-corrected chi connectivity index (χ4v) is 2.13. The molecule has 4 nitrogen and oxygen atoms in total. The van der Waals surface area contributed by atoms with E-state index < -0.39 is 0 Å². The molecule has 1 aromatic carbocycles. The minimum atomic E-state index is 0.674. The Morgan fingerprint density at radius 1 is 1.38 bits per heavy atom. The molecule has 0 aliphatic rings. The third-order valence-corrected chi connectivity index (χ3v) is 3.13. The maximum absolute atomic E-state index is 8.76. The van der Waals surface area contributed by atoms with Gasteiger partial charge in [0.25, 0.3) is 0 Å². The zero-order valence-corrected chi connectivity index (χ0v) is 9.80. The Balaban J connectivity index is 2.26. The highest BCUT2D eigenvalue weighted by atomic mass is 32.2. The van der Waals surface area contributed by atoms with Crippen LogP contribution in [0, 0.1) is 25.2 Å². The Morgan fingerprint density at radius 2 is 2.19 bits per heavy atom. The van der Waals surface area contributed by atoms with Crippen LogP contribution in [-0.2, 0) is 0 Å². The van der Waals surface area contributed by atoms with Crippen molar-refractivity contribution < 1.29 is 0 Å². The molecule has 0 amide bonds. The summed E-state index contributed by atoms with van der Waals surface area (Å²) in [4.78, 5) is 5.29. The number of H-pyrrole nitrogens is 1. The maximum Gasteiger partial charge on any atom is 0.213 e. The van der Waals surface area contributed by atoms with Crippen molar-refractivity contribution in [1.29, 1.82) is 5.26 Å². The predicted molar refractivity (Wildman–Crippen MR) is 61.1 cm³/mol. The average molecular weight is 230 g/mol. The topological polar surface area (TPSA) is 65.4 Å². The number of aryl methyl sites for hydroxylation is 2. The van der Waals surface area contributed by atoms with Crippen molar-refractivity contribution in [2.75, 3.05) is 0 Å². The number of aromatic amines is 1. The molecule has 80 valence electrons. The molecular formula is C11H10N4S. The lowest BCUT2D eigenvalue weighted by molar-refractivity contribution is 0.968. The van der Waals surface area contributed by atoms with Gasteiger partial charge >= 0.3 is 0 Å². The lowest BCUT2D eigenvalue weighted by atomic mass is 10.2. The van der Waals surface area contributed by atoms with Gasteiger partial charge in [-0.05, 0) is 49.4 Å². The summed E-state index contributed by atoms with van der Waals surface area (Å²) in [6.07, 6.45) is 0. The van der Waals surface area contributed by atoms with Gasteiger partial charge in [-0.15, -0.1) is 5.10 Å². The van der Waals surface area contributed by atoms with Crippen LogP contribution >= 0.6 is 11.8 Å². The summed E-state index contributed by atoms with van der Waals surface area (Å²) in [5, 5.41) is 16.3. The number of hydrogen-bond acceptors (Lipinski definition) is 4. The number of hydrogen-bond donors (Lipinski definition) is 1. The van der Waals surface area contributed by atoms with Crippen molar-refractivity contribution in [2.45, 2.75) is 23.9 Å². The van der Waals surface area contributed by atoms with Gasteiger partial charge in [0.15, 0.2) is 0 Å². The molecule has 0 bridgehead atoms. The molecular weight excluding hydrogens is 220 g/mol. The van der Waals surface area contributed by atoms with Gasteiger partial charge in [-0.1, -0.05) is 0 Å². The first kappa shape index (κ1) is 10.7. The molecule has 0 saturated heterocycles. The second kappa shape index (κ2) is 4.37. The van der Waals surface area contributed by atoms with E-state index >= 15 is 0 Å². The Morgan fingerprint density at radius 3 is 2.75 bits per heavy atom. The van der Waals surface area contributed by atoms with Gasteiger partial charge in [0, 0.05) is 4.90 Å². The van der Waals surface area contributed by atoms with E-state index in [0.717, 1.165) is 16.3 Å². The minimum Gasteiger partial charge on any atom is -0.262 e. The van der Waals surface area contributed by atoms with E-state index in [1.54, 1.807) is 6.07 Å². The van der Waals surface area contributed by atoms with Gasteiger partial charge in [-0.3, -0.25) is 5.10 Å². The van der Waals surface area contributed by atoms with E-state index in [1.165, 1.54) is 11.8 Å². The smallest absolute Gasteiger partial charge is 0.213 e. The summed E-state index contributed by atoms with van der Waals surface area (Å²) in [5.74, 6) is 0.800. The average Bonchev–Trinajstić information content (AvgIpc) is 2.67. The first-order valence-electron chi connectivity index (χ1n) is 4.76. The quantitative estimate of drug-likeness (QED) is 0.860. The van der Waals surface area contributed by atoms with Crippen molar-refractivity contribution in [3.63, 3.8) is 0 Å². The number of nitriles is 1. The molecule has 1 aromatic heterocycles. The van der Waals surface area contributed by atoms with Gasteiger partial charge in [-0.2, -0.15) is 5.26 Å². The van der Waals surface area contributed by atoms with Gasteiger partial charge < -0.3 is 0 Å². The third-order valence-electron chi connectivity index (χ3n) is 2.08. The lowest BCUT2D eigenvalue weighted by Crippen LogP contribution is -1.83. The monoisotopic (exact) mass is 230 g/mol. The van der Waals surface area contributed by atoms with E-state index in [4.69, 9.17) is 5.26 Å². The fraction of sp³-hybridized carbons (Fsp3) is 0.182. The van der Waals surface area contributed by atoms with Crippen LogP contribution in [0.25, 0.3) is 0 Å². The highest BCUT2D eigenvalue weighted by Crippen LogP contribution is 2.27. The largest absolute Gasteiger partial charge is 0.262 e. The zero-order valence-electron chi connectivity index (χ0n) is 8.98. The van der Waals surface area contributed by atoms with Crippen LogP contribution in [0.2, 0.25) is 0 Å². The molecule has 0 spiro atoms.